The summed E-state index contributed by atoms with van der Waals surface area (Å²) in [4.78, 5) is 10.7. The summed E-state index contributed by atoms with van der Waals surface area (Å²) in [6.45, 7) is 1.88. The Morgan fingerprint density at radius 1 is 1.40 bits per heavy atom. The Morgan fingerprint density at radius 3 is 2.40 bits per heavy atom. The van der Waals surface area contributed by atoms with Crippen molar-refractivity contribution in [2.75, 3.05) is 11.9 Å². The lowest BCUT2D eigenvalue weighted by Crippen LogP contribution is -2.26. The predicted molar refractivity (Wildman–Crippen MR) is 53.2 cm³/mol. The second kappa shape index (κ2) is 4.72. The Bertz CT molecular complexity index is 348. The zero-order chi connectivity index (χ0) is 11.4. The molecule has 1 rings (SSSR count). The molecule has 3 nitrogen and oxygen atoms in total. The third kappa shape index (κ3) is 3.53. The highest BCUT2D eigenvalue weighted by Gasteiger charge is 2.08. The van der Waals surface area contributed by atoms with E-state index in [1.807, 2.05) is 0 Å². The summed E-state index contributed by atoms with van der Waals surface area (Å²) < 4.78 is 25.5. The average Bonchev–Trinajstić information content (AvgIpc) is 2.12. The van der Waals surface area contributed by atoms with Crippen LogP contribution in [0.3, 0.4) is 0 Å². The first-order valence-corrected chi connectivity index (χ1v) is 4.48. The van der Waals surface area contributed by atoms with Gasteiger partial charge in [-0.2, -0.15) is 0 Å². The van der Waals surface area contributed by atoms with Gasteiger partial charge in [0.1, 0.15) is 11.6 Å². The number of benzene rings is 1. The molecule has 5 heteroatoms. The molecule has 1 aromatic rings. The van der Waals surface area contributed by atoms with E-state index in [9.17, 15) is 13.6 Å². The molecular weight excluding hydrogens is 202 g/mol. The van der Waals surface area contributed by atoms with Crippen LogP contribution in [0.5, 0.6) is 0 Å². The topological polar surface area (TPSA) is 55.1 Å². The molecule has 1 unspecified atom stereocenters. The number of hydrogen-bond donors (Lipinski definition) is 2. The van der Waals surface area contributed by atoms with Crippen molar-refractivity contribution in [3.63, 3.8) is 0 Å². The molecule has 0 aliphatic carbocycles. The van der Waals surface area contributed by atoms with E-state index in [1.54, 1.807) is 6.92 Å². The van der Waals surface area contributed by atoms with E-state index in [2.05, 4.69) is 5.32 Å². The summed E-state index contributed by atoms with van der Waals surface area (Å²) >= 11 is 0. The van der Waals surface area contributed by atoms with E-state index in [0.717, 1.165) is 18.2 Å². The quantitative estimate of drug-likeness (QED) is 0.798. The highest BCUT2D eigenvalue weighted by molar-refractivity contribution is 5.76. The highest BCUT2D eigenvalue weighted by Crippen LogP contribution is 2.13. The number of amides is 1. The molecule has 0 aliphatic rings. The van der Waals surface area contributed by atoms with Gasteiger partial charge >= 0.3 is 0 Å². The fourth-order valence-electron chi connectivity index (χ4n) is 1.03. The van der Waals surface area contributed by atoms with Crippen LogP contribution in [0, 0.1) is 17.6 Å². The van der Waals surface area contributed by atoms with Gasteiger partial charge in [0.05, 0.1) is 5.92 Å². The van der Waals surface area contributed by atoms with E-state index < -0.39 is 23.5 Å². The lowest BCUT2D eigenvalue weighted by molar-refractivity contribution is -0.120. The van der Waals surface area contributed by atoms with Crippen molar-refractivity contribution in [1.29, 1.82) is 0 Å². The lowest BCUT2D eigenvalue weighted by Gasteiger charge is -2.10. The van der Waals surface area contributed by atoms with Crippen molar-refractivity contribution in [3.8, 4) is 0 Å². The van der Waals surface area contributed by atoms with Crippen LogP contribution in [-0.4, -0.2) is 12.5 Å². The molecule has 0 bridgehead atoms. The Hall–Kier alpha value is -1.65. The maximum Gasteiger partial charge on any atom is 0.222 e. The van der Waals surface area contributed by atoms with Gasteiger partial charge in [0.2, 0.25) is 5.91 Å². The van der Waals surface area contributed by atoms with Crippen molar-refractivity contribution in [2.45, 2.75) is 6.92 Å². The third-order valence-electron chi connectivity index (χ3n) is 1.96. The number of carbonyl (C=O) groups excluding carboxylic acids is 1. The summed E-state index contributed by atoms with van der Waals surface area (Å²) in [5.41, 5.74) is 5.33. The number of anilines is 1. The molecule has 15 heavy (non-hydrogen) atoms. The first-order chi connectivity index (χ1) is 6.99. The summed E-state index contributed by atoms with van der Waals surface area (Å²) in [5.74, 6) is -2.18. The molecule has 0 aliphatic heterocycles. The van der Waals surface area contributed by atoms with E-state index in [4.69, 9.17) is 5.73 Å². The molecule has 0 fully saturated rings. The summed E-state index contributed by atoms with van der Waals surface area (Å²) in [5, 5.41) is 2.73. The van der Waals surface area contributed by atoms with Crippen LogP contribution in [0.4, 0.5) is 14.5 Å². The minimum atomic E-state index is -0.663. The zero-order valence-corrected chi connectivity index (χ0v) is 8.26. The van der Waals surface area contributed by atoms with E-state index in [1.165, 1.54) is 0 Å². The number of nitrogens with two attached hydrogens (primary N) is 1. The first kappa shape index (κ1) is 11.4. The number of nitrogens with one attached hydrogen (secondary N) is 1. The average molecular weight is 214 g/mol. The number of primary amides is 1. The molecule has 3 N–H and O–H groups in total. The van der Waals surface area contributed by atoms with Crippen LogP contribution in [0.15, 0.2) is 18.2 Å². The van der Waals surface area contributed by atoms with Crippen molar-refractivity contribution in [1.82, 2.24) is 0 Å². The van der Waals surface area contributed by atoms with Gasteiger partial charge in [-0.05, 0) is 12.1 Å². The van der Waals surface area contributed by atoms with Crippen molar-refractivity contribution in [2.24, 2.45) is 11.7 Å². The molecule has 82 valence electrons. The van der Waals surface area contributed by atoms with Gasteiger partial charge in [0.15, 0.2) is 0 Å². The summed E-state index contributed by atoms with van der Waals surface area (Å²) in [7, 11) is 0. The maximum absolute atomic E-state index is 12.7. The monoisotopic (exact) mass is 214 g/mol. The molecule has 0 saturated carbocycles. The van der Waals surface area contributed by atoms with Gasteiger partial charge < -0.3 is 11.1 Å². The molecule has 0 aromatic heterocycles. The fraction of sp³-hybridized carbons (Fsp3) is 0.300. The fourth-order valence-corrected chi connectivity index (χ4v) is 1.03. The van der Waals surface area contributed by atoms with Crippen LogP contribution in [0.2, 0.25) is 0 Å². The van der Waals surface area contributed by atoms with E-state index in [0.29, 0.717) is 5.69 Å². The SMILES string of the molecule is CC(CNc1cc(F)cc(F)c1)C(N)=O. The Morgan fingerprint density at radius 2 is 1.93 bits per heavy atom. The van der Waals surface area contributed by atoms with Gasteiger partial charge in [-0.3, -0.25) is 4.79 Å². The Kier molecular flexibility index (Phi) is 3.60. The molecule has 0 spiro atoms. The standard InChI is InChI=1S/C10H12F2N2O/c1-6(10(13)15)5-14-9-3-7(11)2-8(12)4-9/h2-4,6,14H,5H2,1H3,(H2,13,15). The summed E-state index contributed by atoms with van der Waals surface area (Å²) in [6.07, 6.45) is 0. The molecular formula is C10H12F2N2O. The van der Waals surface area contributed by atoms with Gasteiger partial charge in [-0.25, -0.2) is 8.78 Å². The van der Waals surface area contributed by atoms with Gasteiger partial charge in [-0.15, -0.1) is 0 Å². The summed E-state index contributed by atoms with van der Waals surface area (Å²) in [6, 6.07) is 3.08. The first-order valence-electron chi connectivity index (χ1n) is 4.48. The second-order valence-electron chi connectivity index (χ2n) is 3.34. The minimum absolute atomic E-state index is 0.248. The van der Waals surface area contributed by atoms with Gasteiger partial charge in [-0.1, -0.05) is 6.92 Å². The Labute approximate surface area is 86.3 Å². The van der Waals surface area contributed by atoms with Crippen molar-refractivity contribution >= 4 is 11.6 Å². The number of carbonyl (C=O) groups is 1. The highest BCUT2D eigenvalue weighted by atomic mass is 19.1. The molecule has 1 aromatic carbocycles. The largest absolute Gasteiger partial charge is 0.384 e. The smallest absolute Gasteiger partial charge is 0.222 e. The molecule has 1 atom stereocenters. The molecule has 0 heterocycles. The number of halogens is 2. The van der Waals surface area contributed by atoms with E-state index >= 15 is 0 Å². The maximum atomic E-state index is 12.7. The van der Waals surface area contributed by atoms with Crippen LogP contribution in [0.1, 0.15) is 6.92 Å². The van der Waals surface area contributed by atoms with Crippen LogP contribution in [0.25, 0.3) is 0 Å². The lowest BCUT2D eigenvalue weighted by atomic mass is 10.1. The number of rotatable bonds is 4. The molecule has 0 radical (unpaired) electrons. The van der Waals surface area contributed by atoms with Gasteiger partial charge in [0.25, 0.3) is 0 Å². The van der Waals surface area contributed by atoms with E-state index in [-0.39, 0.29) is 6.54 Å². The predicted octanol–water partition coefficient (Wildman–Crippen LogP) is 1.50. The normalized spacial score (nSPS) is 12.2. The van der Waals surface area contributed by atoms with Crippen molar-refractivity contribution in [3.05, 3.63) is 29.8 Å². The zero-order valence-electron chi connectivity index (χ0n) is 8.26. The minimum Gasteiger partial charge on any atom is -0.384 e. The van der Waals surface area contributed by atoms with Gasteiger partial charge in [0, 0.05) is 18.3 Å². The molecule has 1 amide bonds. The van der Waals surface area contributed by atoms with Crippen LogP contribution >= 0.6 is 0 Å². The Balaban J connectivity index is 2.61. The number of hydrogen-bond acceptors (Lipinski definition) is 2. The van der Waals surface area contributed by atoms with Crippen LogP contribution in [-0.2, 0) is 4.79 Å². The molecule has 0 saturated heterocycles. The second-order valence-corrected chi connectivity index (χ2v) is 3.34. The van der Waals surface area contributed by atoms with Crippen LogP contribution < -0.4 is 11.1 Å². The third-order valence-corrected chi connectivity index (χ3v) is 1.96. The van der Waals surface area contributed by atoms with Crippen molar-refractivity contribution < 1.29 is 13.6 Å².